The van der Waals surface area contributed by atoms with Crippen molar-refractivity contribution in [3.8, 4) is 5.75 Å². The molecule has 1 aliphatic rings. The fourth-order valence-electron chi connectivity index (χ4n) is 3.68. The first-order chi connectivity index (χ1) is 15.3. The third-order valence-electron chi connectivity index (χ3n) is 5.25. The molecule has 1 aromatic carbocycles. The van der Waals surface area contributed by atoms with Gasteiger partial charge in [0, 0.05) is 18.5 Å². The number of thiophene rings is 1. The van der Waals surface area contributed by atoms with E-state index in [1.54, 1.807) is 0 Å². The fourth-order valence-corrected chi connectivity index (χ4v) is 7.30. The summed E-state index contributed by atoms with van der Waals surface area (Å²) in [5, 5.41) is 14.9. The van der Waals surface area contributed by atoms with Crippen molar-refractivity contribution in [3.05, 3.63) is 41.3 Å². The molecule has 0 radical (unpaired) electrons. The van der Waals surface area contributed by atoms with Crippen LogP contribution in [0, 0.1) is 5.41 Å². The maximum atomic E-state index is 10.9. The molecule has 0 aliphatic carbocycles. The number of hydrogen-bond donors (Lipinski definition) is 4. The average molecular weight is 492 g/mol. The highest BCUT2D eigenvalue weighted by molar-refractivity contribution is 8.14. The van der Waals surface area contributed by atoms with Crippen LogP contribution >= 0.6 is 34.8 Å². The summed E-state index contributed by atoms with van der Waals surface area (Å²) >= 11 is 5.75. The van der Waals surface area contributed by atoms with Crippen LogP contribution in [0.2, 0.25) is 0 Å². The molecule has 0 amide bonds. The minimum absolute atomic E-state index is 0.143. The molecule has 0 bridgehead atoms. The van der Waals surface area contributed by atoms with E-state index in [2.05, 4.69) is 65.1 Å². The number of rotatable bonds is 5. The zero-order valence-corrected chi connectivity index (χ0v) is 21.6. The van der Waals surface area contributed by atoms with Crippen molar-refractivity contribution in [2.75, 3.05) is 13.1 Å². The van der Waals surface area contributed by atoms with Gasteiger partial charge in [-0.05, 0) is 36.1 Å². The van der Waals surface area contributed by atoms with E-state index in [1.165, 1.54) is 24.2 Å². The predicted octanol–water partition coefficient (Wildman–Crippen LogP) is 5.52. The second-order valence-electron chi connectivity index (χ2n) is 8.71. The third-order valence-corrected chi connectivity index (χ3v) is 8.96. The van der Waals surface area contributed by atoms with Crippen LogP contribution in [0.4, 0.5) is 5.69 Å². The lowest BCUT2D eigenvalue weighted by Gasteiger charge is -2.28. The number of benzene rings is 1. The standard InChI is InChI=1S/C23H33N5OS3/c1-5-32(28-13-9-10-14-28)22-18(29)17(15-31-22)25-20(24)21(27-30)26-19(23(2,3)4)16-11-7-6-8-12-16/h5-8,11-12,15,19,29-30H,9-10,13-14H2,1-4H3,(H2,24,25)(H,26,27)/t19-,32?/m0/s1. The summed E-state index contributed by atoms with van der Waals surface area (Å²) in [6, 6.07) is 9.96. The van der Waals surface area contributed by atoms with Gasteiger partial charge in [0.25, 0.3) is 0 Å². The third kappa shape index (κ3) is 5.75. The monoisotopic (exact) mass is 491 g/mol. The quantitative estimate of drug-likeness (QED) is 0.192. The Morgan fingerprint density at radius 3 is 2.50 bits per heavy atom. The lowest BCUT2D eigenvalue weighted by molar-refractivity contribution is 0.329. The number of aromatic hydroxyl groups is 1. The summed E-state index contributed by atoms with van der Waals surface area (Å²) in [7, 11) is -0.228. The van der Waals surface area contributed by atoms with Crippen LogP contribution < -0.4 is 10.5 Å². The lowest BCUT2D eigenvalue weighted by Crippen LogP contribution is -2.33. The molecule has 6 nitrogen and oxygen atoms in total. The Labute approximate surface area is 203 Å². The fraction of sp³-hybridized carbons (Fsp3) is 0.435. The van der Waals surface area contributed by atoms with Gasteiger partial charge in [0.2, 0.25) is 0 Å². The Balaban J connectivity index is 1.93. The van der Waals surface area contributed by atoms with Gasteiger partial charge in [-0.3, -0.25) is 9.30 Å². The van der Waals surface area contributed by atoms with Gasteiger partial charge in [-0.2, -0.15) is 0 Å². The van der Waals surface area contributed by atoms with Crippen LogP contribution in [0.1, 0.15) is 52.1 Å². The smallest absolute Gasteiger partial charge is 0.174 e. The maximum Gasteiger partial charge on any atom is 0.174 e. The summed E-state index contributed by atoms with van der Waals surface area (Å²) in [5.74, 6) is 0.761. The van der Waals surface area contributed by atoms with Gasteiger partial charge in [0.1, 0.15) is 9.90 Å². The molecule has 174 valence electrons. The van der Waals surface area contributed by atoms with Crippen molar-refractivity contribution in [2.24, 2.45) is 21.1 Å². The number of aliphatic imine (C=N–C) groups is 2. The molecule has 1 aliphatic heterocycles. The molecule has 1 fully saturated rings. The van der Waals surface area contributed by atoms with Crippen molar-refractivity contribution in [3.63, 3.8) is 0 Å². The van der Waals surface area contributed by atoms with Crippen molar-refractivity contribution in [1.82, 2.24) is 9.03 Å². The highest BCUT2D eigenvalue weighted by Gasteiger charge is 2.27. The number of hydrogen-bond acceptors (Lipinski definition) is 6. The number of thiol groups is 1. The van der Waals surface area contributed by atoms with E-state index in [9.17, 15) is 5.11 Å². The van der Waals surface area contributed by atoms with E-state index < -0.39 is 0 Å². The van der Waals surface area contributed by atoms with Crippen LogP contribution in [0.25, 0.3) is 0 Å². The lowest BCUT2D eigenvalue weighted by atomic mass is 9.83. The van der Waals surface area contributed by atoms with E-state index in [-0.39, 0.29) is 33.7 Å². The molecule has 0 spiro atoms. The highest BCUT2D eigenvalue weighted by atomic mass is 32.2. The summed E-state index contributed by atoms with van der Waals surface area (Å²) in [6.45, 7) is 10.6. The number of nitrogens with two attached hydrogens (primary N) is 1. The van der Waals surface area contributed by atoms with Gasteiger partial charge >= 0.3 is 0 Å². The predicted molar refractivity (Wildman–Crippen MR) is 144 cm³/mol. The van der Waals surface area contributed by atoms with Gasteiger partial charge in [0.05, 0.1) is 6.04 Å². The second kappa shape index (κ2) is 10.9. The van der Waals surface area contributed by atoms with Crippen molar-refractivity contribution in [1.29, 1.82) is 0 Å². The van der Waals surface area contributed by atoms with Crippen LogP contribution in [-0.2, 0) is 0 Å². The molecule has 3 rings (SSSR count). The summed E-state index contributed by atoms with van der Waals surface area (Å²) in [5.41, 5.74) is 7.73. The van der Waals surface area contributed by atoms with Gasteiger partial charge in [-0.25, -0.2) is 4.99 Å². The van der Waals surface area contributed by atoms with E-state index in [0.717, 1.165) is 22.9 Å². The number of amidine groups is 2. The Morgan fingerprint density at radius 2 is 1.94 bits per heavy atom. The minimum atomic E-state index is -0.228. The van der Waals surface area contributed by atoms with Gasteiger partial charge in [-0.15, -0.1) is 11.3 Å². The van der Waals surface area contributed by atoms with Crippen LogP contribution in [0.15, 0.2) is 49.9 Å². The Morgan fingerprint density at radius 1 is 1.28 bits per heavy atom. The molecule has 2 aromatic rings. The van der Waals surface area contributed by atoms with Crippen LogP contribution in [0.3, 0.4) is 0 Å². The largest absolute Gasteiger partial charge is 0.504 e. The molecule has 0 saturated carbocycles. The molecule has 32 heavy (non-hydrogen) atoms. The van der Waals surface area contributed by atoms with Crippen molar-refractivity contribution in [2.45, 2.75) is 50.8 Å². The van der Waals surface area contributed by atoms with E-state index in [0.29, 0.717) is 11.5 Å². The Kier molecular flexibility index (Phi) is 8.43. The van der Waals surface area contributed by atoms with Gasteiger partial charge in [0.15, 0.2) is 17.4 Å². The SMILES string of the molecule is C/C=S(\c1scc(N=C(N)C(=N[C@@H](c2ccccc2)C(C)(C)C)NS)c1O)N1CCCC1. The normalized spacial score (nSPS) is 18.2. The maximum absolute atomic E-state index is 10.9. The van der Waals surface area contributed by atoms with E-state index in [1.807, 2.05) is 30.5 Å². The minimum Gasteiger partial charge on any atom is -0.504 e. The second-order valence-corrected chi connectivity index (χ2v) is 12.1. The first-order valence-electron chi connectivity index (χ1n) is 10.7. The summed E-state index contributed by atoms with van der Waals surface area (Å²) < 4.78 is 6.14. The Hall–Kier alpha value is -1.81. The molecule has 1 unspecified atom stereocenters. The van der Waals surface area contributed by atoms with Gasteiger partial charge in [-0.1, -0.05) is 74.6 Å². The molecular weight excluding hydrogens is 458 g/mol. The first kappa shape index (κ1) is 24.8. The number of nitrogens with zero attached hydrogens (tertiary/aromatic N) is 3. The molecule has 2 atom stereocenters. The molecule has 9 heteroatoms. The molecule has 1 aromatic heterocycles. The van der Waals surface area contributed by atoms with Crippen LogP contribution in [-0.4, -0.2) is 39.5 Å². The molecule has 4 N–H and O–H groups in total. The highest BCUT2D eigenvalue weighted by Crippen LogP contribution is 2.48. The number of nitrogens with one attached hydrogen (secondary N) is 1. The molecule has 1 saturated heterocycles. The van der Waals surface area contributed by atoms with E-state index in [4.69, 9.17) is 10.7 Å². The molecular formula is C23H33N5OS3. The Bertz CT molecular complexity index is 1000. The van der Waals surface area contributed by atoms with Gasteiger partial charge < -0.3 is 15.6 Å². The first-order valence-corrected chi connectivity index (χ1v) is 13.3. The van der Waals surface area contributed by atoms with Crippen molar-refractivity contribution >= 4 is 57.5 Å². The topological polar surface area (TPSA) is 86.2 Å². The summed E-state index contributed by atoms with van der Waals surface area (Å²) in [6.07, 6.45) is 2.40. The zero-order chi connectivity index (χ0) is 23.3. The zero-order valence-electron chi connectivity index (χ0n) is 19.1. The average Bonchev–Trinajstić information content (AvgIpc) is 3.41. The molecule has 2 heterocycles. The van der Waals surface area contributed by atoms with E-state index >= 15 is 0 Å². The summed E-state index contributed by atoms with van der Waals surface area (Å²) in [4.78, 5) is 9.37. The van der Waals surface area contributed by atoms with Crippen molar-refractivity contribution < 1.29 is 5.11 Å². The van der Waals surface area contributed by atoms with Crippen LogP contribution in [0.5, 0.6) is 5.75 Å².